The quantitative estimate of drug-likeness (QED) is 0.256. The molecular formula is C26H27ClN4OS. The number of aromatic nitrogens is 3. The largest absolute Gasteiger partial charge is 0.325 e. The van der Waals surface area contributed by atoms with E-state index in [-0.39, 0.29) is 17.1 Å². The number of carbonyl (C=O) groups is 1. The molecule has 0 unspecified atom stereocenters. The van der Waals surface area contributed by atoms with Crippen LogP contribution in [0.4, 0.5) is 5.69 Å². The van der Waals surface area contributed by atoms with Gasteiger partial charge in [-0.15, -0.1) is 0 Å². The van der Waals surface area contributed by atoms with Gasteiger partial charge in [0.25, 0.3) is 0 Å². The van der Waals surface area contributed by atoms with Crippen molar-refractivity contribution in [1.82, 2.24) is 14.6 Å². The fourth-order valence-electron chi connectivity index (χ4n) is 3.53. The number of anilines is 1. The number of fused-ring (bicyclic) bond motifs is 1. The Kier molecular flexibility index (Phi) is 6.50. The number of benzene rings is 2. The number of rotatable bonds is 5. The maximum Gasteiger partial charge on any atom is 0.234 e. The maximum atomic E-state index is 12.7. The Morgan fingerprint density at radius 3 is 2.48 bits per heavy atom. The van der Waals surface area contributed by atoms with Gasteiger partial charge >= 0.3 is 0 Å². The highest BCUT2D eigenvalue weighted by Crippen LogP contribution is 2.33. The van der Waals surface area contributed by atoms with Gasteiger partial charge in [0, 0.05) is 21.7 Å². The molecule has 1 N–H and O–H groups in total. The molecule has 0 radical (unpaired) electrons. The van der Waals surface area contributed by atoms with E-state index in [9.17, 15) is 4.79 Å². The van der Waals surface area contributed by atoms with Crippen LogP contribution in [0.3, 0.4) is 0 Å². The van der Waals surface area contributed by atoms with Crippen molar-refractivity contribution in [2.24, 2.45) is 0 Å². The molecule has 0 fully saturated rings. The van der Waals surface area contributed by atoms with Gasteiger partial charge in [0.15, 0.2) is 5.65 Å². The molecule has 0 aliphatic carbocycles. The number of nitrogens with one attached hydrogen (secondary N) is 1. The zero-order valence-corrected chi connectivity index (χ0v) is 21.0. The third-order valence-corrected chi connectivity index (χ3v) is 6.77. The van der Waals surface area contributed by atoms with Gasteiger partial charge in [-0.3, -0.25) is 4.79 Å². The van der Waals surface area contributed by atoms with E-state index in [1.54, 1.807) is 6.07 Å². The number of thioether (sulfide) groups is 1. The Bertz CT molecular complexity index is 1330. The molecule has 4 aromatic rings. The molecule has 1 amide bonds. The van der Waals surface area contributed by atoms with Gasteiger partial charge in [0.1, 0.15) is 5.03 Å². The van der Waals surface area contributed by atoms with Crippen LogP contribution in [0.2, 0.25) is 5.02 Å². The summed E-state index contributed by atoms with van der Waals surface area (Å²) in [6.45, 7) is 10.3. The van der Waals surface area contributed by atoms with Crippen molar-refractivity contribution in [1.29, 1.82) is 0 Å². The van der Waals surface area contributed by atoms with Gasteiger partial charge in [-0.2, -0.15) is 5.10 Å². The van der Waals surface area contributed by atoms with Gasteiger partial charge < -0.3 is 5.32 Å². The molecule has 170 valence electrons. The second-order valence-corrected chi connectivity index (χ2v) is 10.5. The molecule has 0 aliphatic rings. The predicted octanol–water partition coefficient (Wildman–Crippen LogP) is 6.69. The molecule has 5 nitrogen and oxygen atoms in total. The molecule has 2 aromatic heterocycles. The molecule has 0 saturated heterocycles. The average Bonchev–Trinajstić information content (AvgIpc) is 3.10. The highest BCUT2D eigenvalue weighted by molar-refractivity contribution is 7.99. The molecule has 7 heteroatoms. The van der Waals surface area contributed by atoms with Crippen LogP contribution >= 0.6 is 23.4 Å². The summed E-state index contributed by atoms with van der Waals surface area (Å²) in [4.78, 5) is 17.7. The highest BCUT2D eigenvalue weighted by Gasteiger charge is 2.22. The van der Waals surface area contributed by atoms with Crippen molar-refractivity contribution in [2.45, 2.75) is 45.1 Å². The van der Waals surface area contributed by atoms with Gasteiger partial charge in [0.2, 0.25) is 5.91 Å². The average molecular weight is 479 g/mol. The van der Waals surface area contributed by atoms with Crippen LogP contribution in [0.25, 0.3) is 16.8 Å². The van der Waals surface area contributed by atoms with E-state index in [4.69, 9.17) is 21.7 Å². The lowest BCUT2D eigenvalue weighted by Gasteiger charge is -2.19. The van der Waals surface area contributed by atoms with Crippen LogP contribution in [0.1, 0.15) is 37.7 Å². The van der Waals surface area contributed by atoms with E-state index in [1.807, 2.05) is 54.8 Å². The first-order valence-electron chi connectivity index (χ1n) is 10.8. The Balaban J connectivity index is 1.68. The zero-order chi connectivity index (χ0) is 23.8. The molecule has 2 aromatic carbocycles. The van der Waals surface area contributed by atoms with Crippen molar-refractivity contribution < 1.29 is 4.79 Å². The lowest BCUT2D eigenvalue weighted by atomic mass is 9.92. The highest BCUT2D eigenvalue weighted by atomic mass is 35.5. The number of hydrogen-bond donors (Lipinski definition) is 1. The summed E-state index contributed by atoms with van der Waals surface area (Å²) >= 11 is 7.64. The van der Waals surface area contributed by atoms with E-state index in [2.05, 4.69) is 38.2 Å². The normalized spacial score (nSPS) is 11.7. The number of amides is 1. The molecule has 0 saturated carbocycles. The van der Waals surface area contributed by atoms with Gasteiger partial charge in [-0.1, -0.05) is 80.5 Å². The Morgan fingerprint density at radius 2 is 1.82 bits per heavy atom. The number of carbonyl (C=O) groups excluding carboxylic acids is 1. The van der Waals surface area contributed by atoms with Gasteiger partial charge in [-0.25, -0.2) is 9.50 Å². The lowest BCUT2D eigenvalue weighted by Crippen LogP contribution is -2.17. The number of halogens is 1. The van der Waals surface area contributed by atoms with Gasteiger partial charge in [0.05, 0.1) is 17.1 Å². The van der Waals surface area contributed by atoms with E-state index in [0.717, 1.165) is 38.8 Å². The smallest absolute Gasteiger partial charge is 0.234 e. The van der Waals surface area contributed by atoms with Crippen LogP contribution in [0.5, 0.6) is 0 Å². The molecule has 0 spiro atoms. The summed E-state index contributed by atoms with van der Waals surface area (Å²) in [7, 11) is 0. The number of aryl methyl sites for hydroxylation is 2. The SMILES string of the molecule is Cc1ccc(NC(=O)CSc2cc(C(C)(C)C)nc3c(-c4ccccc4)c(C)nn23)cc1Cl. The summed E-state index contributed by atoms with van der Waals surface area (Å²) in [6.07, 6.45) is 0. The fourth-order valence-corrected chi connectivity index (χ4v) is 4.51. The summed E-state index contributed by atoms with van der Waals surface area (Å²) in [5.41, 5.74) is 6.27. The van der Waals surface area contributed by atoms with Crippen LogP contribution in [-0.2, 0) is 10.2 Å². The van der Waals surface area contributed by atoms with Crippen molar-refractivity contribution >= 4 is 40.6 Å². The minimum absolute atomic E-state index is 0.102. The fraction of sp³-hybridized carbons (Fsp3) is 0.269. The molecular weight excluding hydrogens is 452 g/mol. The third kappa shape index (κ3) is 5.07. The topological polar surface area (TPSA) is 59.3 Å². The Morgan fingerprint density at radius 1 is 1.09 bits per heavy atom. The zero-order valence-electron chi connectivity index (χ0n) is 19.4. The van der Waals surface area contributed by atoms with Crippen molar-refractivity contribution in [3.05, 3.63) is 76.6 Å². The Hall–Kier alpha value is -2.83. The first kappa shape index (κ1) is 23.3. The van der Waals surface area contributed by atoms with Crippen LogP contribution < -0.4 is 5.32 Å². The van der Waals surface area contributed by atoms with Gasteiger partial charge in [-0.05, 0) is 43.2 Å². The molecule has 0 atom stereocenters. The van der Waals surface area contributed by atoms with Crippen LogP contribution in [0.15, 0.2) is 59.6 Å². The minimum Gasteiger partial charge on any atom is -0.325 e. The van der Waals surface area contributed by atoms with Crippen molar-refractivity contribution in [2.75, 3.05) is 11.1 Å². The first-order valence-corrected chi connectivity index (χ1v) is 12.1. The predicted molar refractivity (Wildman–Crippen MR) is 137 cm³/mol. The third-order valence-electron chi connectivity index (χ3n) is 5.37. The number of nitrogens with zero attached hydrogens (tertiary/aromatic N) is 3. The monoisotopic (exact) mass is 478 g/mol. The maximum absolute atomic E-state index is 12.7. The van der Waals surface area contributed by atoms with E-state index in [0.29, 0.717) is 10.7 Å². The summed E-state index contributed by atoms with van der Waals surface area (Å²) in [6, 6.07) is 17.7. The molecule has 33 heavy (non-hydrogen) atoms. The molecule has 0 bridgehead atoms. The minimum atomic E-state index is -0.149. The number of hydrogen-bond acceptors (Lipinski definition) is 4. The van der Waals surface area contributed by atoms with E-state index < -0.39 is 0 Å². The van der Waals surface area contributed by atoms with Crippen LogP contribution in [-0.4, -0.2) is 26.3 Å². The van der Waals surface area contributed by atoms with E-state index in [1.165, 1.54) is 11.8 Å². The molecule has 4 rings (SSSR count). The lowest BCUT2D eigenvalue weighted by molar-refractivity contribution is -0.113. The first-order chi connectivity index (χ1) is 15.6. The molecule has 2 heterocycles. The van der Waals surface area contributed by atoms with E-state index >= 15 is 0 Å². The summed E-state index contributed by atoms with van der Waals surface area (Å²) < 4.78 is 1.85. The summed E-state index contributed by atoms with van der Waals surface area (Å²) in [5, 5.41) is 9.22. The van der Waals surface area contributed by atoms with Crippen molar-refractivity contribution in [3.63, 3.8) is 0 Å². The summed E-state index contributed by atoms with van der Waals surface area (Å²) in [5.74, 6) is 0.141. The standard InChI is InChI=1S/C26H27ClN4OS/c1-16-11-12-19(13-20(16)27)28-22(32)15-33-23-14-21(26(3,4)5)29-25-24(17(2)30-31(23)25)18-9-7-6-8-10-18/h6-14H,15H2,1-5H3,(H,28,32). The molecule has 0 aliphatic heterocycles. The Labute approximate surface area is 203 Å². The van der Waals surface area contributed by atoms with Crippen LogP contribution in [0, 0.1) is 13.8 Å². The van der Waals surface area contributed by atoms with Crippen molar-refractivity contribution in [3.8, 4) is 11.1 Å². The second-order valence-electron chi connectivity index (χ2n) is 9.09. The second kappa shape index (κ2) is 9.20.